The van der Waals surface area contributed by atoms with Crippen LogP contribution in [0.5, 0.6) is 0 Å². The molecular weight excluding hydrogens is 275 g/mol. The molecule has 0 saturated carbocycles. The van der Waals surface area contributed by atoms with E-state index in [1.165, 1.54) is 6.07 Å². The van der Waals surface area contributed by atoms with Crippen LogP contribution in [0.25, 0.3) is 10.9 Å². The molecule has 0 atom stereocenters. The quantitative estimate of drug-likeness (QED) is 0.710. The summed E-state index contributed by atoms with van der Waals surface area (Å²) >= 11 is 5.78. The molecule has 0 amide bonds. The molecule has 2 aromatic carbocycles. The molecule has 2 nitrogen and oxygen atoms in total. The van der Waals surface area contributed by atoms with E-state index >= 15 is 0 Å². The Hall–Kier alpha value is -2.13. The van der Waals surface area contributed by atoms with Crippen molar-refractivity contribution >= 4 is 34.0 Å². The van der Waals surface area contributed by atoms with E-state index in [1.807, 2.05) is 31.2 Å². The topological polar surface area (TPSA) is 24.9 Å². The molecule has 0 radical (unpaired) electrons. The Morgan fingerprint density at radius 3 is 2.70 bits per heavy atom. The van der Waals surface area contributed by atoms with Gasteiger partial charge in [0.15, 0.2) is 0 Å². The first-order valence-corrected chi connectivity index (χ1v) is 6.60. The first kappa shape index (κ1) is 12.9. The van der Waals surface area contributed by atoms with Gasteiger partial charge in [-0.3, -0.25) is 0 Å². The Bertz CT molecular complexity index is 787. The van der Waals surface area contributed by atoms with Gasteiger partial charge in [-0.1, -0.05) is 29.8 Å². The van der Waals surface area contributed by atoms with Gasteiger partial charge in [-0.25, -0.2) is 9.37 Å². The minimum atomic E-state index is -0.430. The maximum atomic E-state index is 13.1. The van der Waals surface area contributed by atoms with Gasteiger partial charge in [0.1, 0.15) is 11.6 Å². The van der Waals surface area contributed by atoms with Crippen LogP contribution in [0, 0.1) is 12.7 Å². The van der Waals surface area contributed by atoms with Crippen molar-refractivity contribution in [3.8, 4) is 0 Å². The lowest BCUT2D eigenvalue weighted by molar-refractivity contribution is 0.628. The fraction of sp³-hybridized carbons (Fsp3) is 0.0625. The van der Waals surface area contributed by atoms with Crippen LogP contribution in [0.2, 0.25) is 5.02 Å². The average Bonchev–Trinajstić information content (AvgIpc) is 2.44. The molecule has 0 fully saturated rings. The molecular formula is C16H12ClFN2. The molecule has 0 bridgehead atoms. The predicted molar refractivity (Wildman–Crippen MR) is 81.2 cm³/mol. The number of benzene rings is 2. The number of hydrogen-bond donors (Lipinski definition) is 1. The van der Waals surface area contributed by atoms with Gasteiger partial charge in [0.05, 0.1) is 10.5 Å². The monoisotopic (exact) mass is 286 g/mol. The summed E-state index contributed by atoms with van der Waals surface area (Å²) in [5, 5.41) is 4.35. The molecule has 1 N–H and O–H groups in total. The lowest BCUT2D eigenvalue weighted by atomic mass is 10.1. The van der Waals surface area contributed by atoms with Crippen LogP contribution in [0.3, 0.4) is 0 Å². The zero-order valence-electron chi connectivity index (χ0n) is 10.8. The second kappa shape index (κ2) is 5.10. The summed E-state index contributed by atoms with van der Waals surface area (Å²) in [6.45, 7) is 1.98. The lowest BCUT2D eigenvalue weighted by Crippen LogP contribution is -1.97. The van der Waals surface area contributed by atoms with E-state index < -0.39 is 5.82 Å². The Morgan fingerprint density at radius 2 is 1.90 bits per heavy atom. The van der Waals surface area contributed by atoms with Crippen LogP contribution in [-0.2, 0) is 0 Å². The smallest absolute Gasteiger partial charge is 0.141 e. The van der Waals surface area contributed by atoms with Crippen molar-refractivity contribution in [3.05, 3.63) is 64.9 Å². The number of hydrogen-bond acceptors (Lipinski definition) is 2. The minimum absolute atomic E-state index is 0.0912. The summed E-state index contributed by atoms with van der Waals surface area (Å²) in [6, 6.07) is 14.5. The van der Waals surface area contributed by atoms with Crippen LogP contribution < -0.4 is 5.32 Å². The molecule has 20 heavy (non-hydrogen) atoms. The second-order valence-electron chi connectivity index (χ2n) is 4.60. The highest BCUT2D eigenvalue weighted by Gasteiger charge is 2.05. The van der Waals surface area contributed by atoms with Crippen molar-refractivity contribution in [2.75, 3.05) is 5.32 Å². The van der Waals surface area contributed by atoms with Gasteiger partial charge in [0.2, 0.25) is 0 Å². The standard InChI is InChI=1S/C16H12ClFN2/c1-10-8-11-4-2-3-5-15(11)20-16(10)19-12-6-7-14(18)13(17)9-12/h2-9H,1H3,(H,19,20). The molecule has 0 aliphatic carbocycles. The average molecular weight is 287 g/mol. The number of rotatable bonds is 2. The highest BCUT2D eigenvalue weighted by molar-refractivity contribution is 6.31. The molecule has 0 aliphatic heterocycles. The Morgan fingerprint density at radius 1 is 1.10 bits per heavy atom. The summed E-state index contributed by atoms with van der Waals surface area (Å²) < 4.78 is 13.1. The summed E-state index contributed by atoms with van der Waals surface area (Å²) in [5.74, 6) is 0.312. The van der Waals surface area contributed by atoms with Crippen LogP contribution in [0.1, 0.15) is 5.56 Å². The lowest BCUT2D eigenvalue weighted by Gasteiger charge is -2.10. The highest BCUT2D eigenvalue weighted by atomic mass is 35.5. The van der Waals surface area contributed by atoms with E-state index in [1.54, 1.807) is 12.1 Å². The molecule has 0 aliphatic rings. The Kier molecular flexibility index (Phi) is 3.28. The fourth-order valence-corrected chi connectivity index (χ4v) is 2.24. The minimum Gasteiger partial charge on any atom is -0.340 e. The van der Waals surface area contributed by atoms with Crippen molar-refractivity contribution in [2.24, 2.45) is 0 Å². The number of para-hydroxylation sites is 1. The molecule has 100 valence electrons. The largest absolute Gasteiger partial charge is 0.340 e. The number of nitrogens with one attached hydrogen (secondary N) is 1. The molecule has 0 spiro atoms. The van der Waals surface area contributed by atoms with Crippen molar-refractivity contribution in [1.82, 2.24) is 4.98 Å². The molecule has 1 aromatic heterocycles. The maximum Gasteiger partial charge on any atom is 0.141 e. The van der Waals surface area contributed by atoms with Crippen LogP contribution in [0.4, 0.5) is 15.9 Å². The third-order valence-corrected chi connectivity index (χ3v) is 3.39. The first-order valence-electron chi connectivity index (χ1n) is 6.22. The fourth-order valence-electron chi connectivity index (χ4n) is 2.06. The number of aryl methyl sites for hydroxylation is 1. The van der Waals surface area contributed by atoms with Crippen LogP contribution in [-0.4, -0.2) is 4.98 Å². The van der Waals surface area contributed by atoms with E-state index in [2.05, 4.69) is 16.4 Å². The normalized spacial score (nSPS) is 10.8. The van der Waals surface area contributed by atoms with Gasteiger partial charge in [0.25, 0.3) is 0 Å². The van der Waals surface area contributed by atoms with Crippen molar-refractivity contribution < 1.29 is 4.39 Å². The van der Waals surface area contributed by atoms with E-state index in [9.17, 15) is 4.39 Å². The molecule has 0 unspecified atom stereocenters. The Labute approximate surface area is 121 Å². The maximum absolute atomic E-state index is 13.1. The first-order chi connectivity index (χ1) is 9.63. The van der Waals surface area contributed by atoms with E-state index in [0.717, 1.165) is 22.3 Å². The van der Waals surface area contributed by atoms with Crippen molar-refractivity contribution in [3.63, 3.8) is 0 Å². The highest BCUT2D eigenvalue weighted by Crippen LogP contribution is 2.25. The van der Waals surface area contributed by atoms with Gasteiger partial charge in [0, 0.05) is 11.1 Å². The molecule has 4 heteroatoms. The zero-order chi connectivity index (χ0) is 14.1. The van der Waals surface area contributed by atoms with Crippen LogP contribution in [0.15, 0.2) is 48.5 Å². The van der Waals surface area contributed by atoms with Crippen molar-refractivity contribution in [2.45, 2.75) is 6.92 Å². The number of anilines is 2. The van der Waals surface area contributed by atoms with Gasteiger partial charge in [-0.2, -0.15) is 0 Å². The third kappa shape index (κ3) is 2.45. The number of fused-ring (bicyclic) bond motifs is 1. The molecule has 1 heterocycles. The summed E-state index contributed by atoms with van der Waals surface area (Å²) in [5.41, 5.74) is 2.64. The summed E-state index contributed by atoms with van der Waals surface area (Å²) in [7, 11) is 0. The van der Waals surface area contributed by atoms with Gasteiger partial charge in [-0.05, 0) is 42.8 Å². The second-order valence-corrected chi connectivity index (χ2v) is 5.01. The predicted octanol–water partition coefficient (Wildman–Crippen LogP) is 5.08. The van der Waals surface area contributed by atoms with Crippen molar-refractivity contribution in [1.29, 1.82) is 0 Å². The zero-order valence-corrected chi connectivity index (χ0v) is 11.6. The van der Waals surface area contributed by atoms with Gasteiger partial charge < -0.3 is 5.32 Å². The van der Waals surface area contributed by atoms with E-state index in [4.69, 9.17) is 11.6 Å². The summed E-state index contributed by atoms with van der Waals surface area (Å²) in [6.07, 6.45) is 0. The number of nitrogens with zero attached hydrogens (tertiary/aromatic N) is 1. The number of pyridine rings is 1. The summed E-state index contributed by atoms with van der Waals surface area (Å²) in [4.78, 5) is 4.57. The molecule has 3 rings (SSSR count). The molecule has 3 aromatic rings. The van der Waals surface area contributed by atoms with E-state index in [-0.39, 0.29) is 5.02 Å². The van der Waals surface area contributed by atoms with Gasteiger partial charge in [-0.15, -0.1) is 0 Å². The molecule has 0 saturated heterocycles. The van der Waals surface area contributed by atoms with Gasteiger partial charge >= 0.3 is 0 Å². The Balaban J connectivity index is 2.01. The number of aromatic nitrogens is 1. The number of halogens is 2. The third-order valence-electron chi connectivity index (χ3n) is 3.10. The SMILES string of the molecule is Cc1cc2ccccc2nc1Nc1ccc(F)c(Cl)c1. The van der Waals surface area contributed by atoms with E-state index in [0.29, 0.717) is 5.69 Å². The van der Waals surface area contributed by atoms with Crippen LogP contribution >= 0.6 is 11.6 Å².